The Hall–Kier alpha value is -2.94. The molecule has 2 aromatic carbocycles. The summed E-state index contributed by atoms with van der Waals surface area (Å²) in [5.74, 6) is -0.814. The Labute approximate surface area is 263 Å². The molecule has 0 saturated carbocycles. The number of nitrogens with zero attached hydrogens (tertiary/aromatic N) is 2. The number of aliphatic hydroxyl groups is 6. The quantitative estimate of drug-likeness (QED) is 0.152. The van der Waals surface area contributed by atoms with Gasteiger partial charge in [-0.25, -0.2) is 0 Å². The zero-order valence-corrected chi connectivity index (χ0v) is 25.5. The fraction of sp³-hybridized carbons (Fsp3) is 0.375. The summed E-state index contributed by atoms with van der Waals surface area (Å²) in [7, 11) is 0. The van der Waals surface area contributed by atoms with Crippen LogP contribution in [-0.4, -0.2) is 115 Å². The van der Waals surface area contributed by atoms with E-state index in [1.165, 1.54) is 24.3 Å². The first-order valence-corrected chi connectivity index (χ1v) is 16.4. The first-order chi connectivity index (χ1) is 21.7. The Morgan fingerprint density at radius 3 is 1.40 bits per heavy atom. The van der Waals surface area contributed by atoms with Gasteiger partial charge in [0.2, 0.25) is 0 Å². The number of ether oxygens (including phenoxy) is 2. The number of aromatic nitrogens is 2. The first-order valence-electron chi connectivity index (χ1n) is 14.5. The third-order valence-corrected chi connectivity index (χ3v) is 11.2. The number of rotatable bonds is 8. The second kappa shape index (κ2) is 13.4. The van der Waals surface area contributed by atoms with E-state index in [-0.39, 0.29) is 0 Å². The molecule has 45 heavy (non-hydrogen) atoms. The molecule has 6 rings (SSSR count). The molecule has 13 heteroatoms. The van der Waals surface area contributed by atoms with Crippen LogP contribution in [0.5, 0.6) is 0 Å². The average molecular weight is 692 g/mol. The molecule has 4 heterocycles. The van der Waals surface area contributed by atoms with Gasteiger partial charge < -0.3 is 0 Å². The Morgan fingerprint density at radius 1 is 0.600 bits per heavy atom. The maximum absolute atomic E-state index is 13.8. The van der Waals surface area contributed by atoms with Crippen LogP contribution in [0.3, 0.4) is 0 Å². The summed E-state index contributed by atoms with van der Waals surface area (Å²) in [6.45, 7) is -1.09. The van der Waals surface area contributed by atoms with Gasteiger partial charge in [0.1, 0.15) is 0 Å². The van der Waals surface area contributed by atoms with E-state index < -0.39 is 98.5 Å². The minimum atomic E-state index is -1.31. The van der Waals surface area contributed by atoms with Crippen LogP contribution in [0, 0.1) is 11.6 Å². The van der Waals surface area contributed by atoms with Gasteiger partial charge in [-0.2, -0.15) is 0 Å². The Balaban J connectivity index is 1.25. The fourth-order valence-corrected chi connectivity index (χ4v) is 8.85. The summed E-state index contributed by atoms with van der Waals surface area (Å²) < 4.78 is 42.7. The molecule has 0 unspecified atom stereocenters. The van der Waals surface area contributed by atoms with E-state index in [1.807, 2.05) is 0 Å². The van der Waals surface area contributed by atoms with Crippen molar-refractivity contribution >= 4 is 15.0 Å². The molecule has 2 aliphatic heterocycles. The van der Waals surface area contributed by atoms with Gasteiger partial charge in [0, 0.05) is 0 Å². The molecule has 2 saturated heterocycles. The third-order valence-electron chi connectivity index (χ3n) is 8.40. The van der Waals surface area contributed by atoms with Crippen molar-refractivity contribution in [3.8, 4) is 22.3 Å². The predicted molar refractivity (Wildman–Crippen MR) is 159 cm³/mol. The molecule has 2 fully saturated rings. The van der Waals surface area contributed by atoms with Crippen molar-refractivity contribution < 1.29 is 48.9 Å². The van der Waals surface area contributed by atoms with Crippen LogP contribution in [-0.2, 0) is 9.47 Å². The van der Waals surface area contributed by atoms with Gasteiger partial charge in [-0.15, -0.1) is 0 Å². The Morgan fingerprint density at radius 2 is 1.02 bits per heavy atom. The Kier molecular flexibility index (Phi) is 9.55. The van der Waals surface area contributed by atoms with Crippen molar-refractivity contribution in [2.45, 2.75) is 58.7 Å². The van der Waals surface area contributed by atoms with Crippen LogP contribution in [0.4, 0.5) is 8.78 Å². The number of hydrogen-bond acceptors (Lipinski definition) is 8. The summed E-state index contributed by atoms with van der Waals surface area (Å²) >= 11 is -0.868. The summed E-state index contributed by atoms with van der Waals surface area (Å²) in [6, 6.07) is 13.6. The SMILES string of the molecule is OC[C@H]1O[C@@H]([Se][C@@H]2O[C@H](CO)[C@H](O)[C@H](n3ccc(-c4cccc(F)c4)c3)[C@H]2O)[C@H](O)[C@@H](n2ccc(-c3cccc(F)c3)c2)[C@H]1O. The normalized spacial score (nSPS) is 32.1. The van der Waals surface area contributed by atoms with Crippen LogP contribution in [0.2, 0.25) is 0 Å². The molecule has 0 amide bonds. The molecular formula is C32H34F2N2O8Se. The summed E-state index contributed by atoms with van der Waals surface area (Å²) in [6.07, 6.45) is -0.751. The third kappa shape index (κ3) is 6.38. The van der Waals surface area contributed by atoms with E-state index in [0.717, 1.165) is 0 Å². The zero-order chi connectivity index (χ0) is 31.8. The van der Waals surface area contributed by atoms with Crippen molar-refractivity contribution in [2.24, 2.45) is 0 Å². The monoisotopic (exact) mass is 692 g/mol. The molecule has 2 aliphatic rings. The predicted octanol–water partition coefficient (Wildman–Crippen LogP) is 1.27. The fourth-order valence-electron chi connectivity index (χ4n) is 6.07. The van der Waals surface area contributed by atoms with Gasteiger partial charge in [-0.1, -0.05) is 0 Å². The van der Waals surface area contributed by atoms with Crippen LogP contribution in [0.15, 0.2) is 85.5 Å². The summed E-state index contributed by atoms with van der Waals surface area (Å²) in [4.78, 5) is 0. The summed E-state index contributed by atoms with van der Waals surface area (Å²) in [5, 5.41) is 63.3. The standard InChI is InChI=1S/C32H34F2N2O8Se/c33-21-5-1-3-17(11-21)19-7-9-35(13-19)25-27(39)23(15-37)43-31(29(25)41)45-32-30(42)26(28(40)24(16-38)44-32)36-10-8-20(14-36)18-4-2-6-22(34)12-18/h1-14,23-32,37-42H,15-16H2/t23-,24-,25+,26+,27+,28+,29-,30-,31+,32+/m1/s1. The van der Waals surface area contributed by atoms with Gasteiger partial charge in [-0.3, -0.25) is 0 Å². The van der Waals surface area contributed by atoms with E-state index in [1.54, 1.807) is 70.3 Å². The molecule has 0 aliphatic carbocycles. The maximum atomic E-state index is 13.8. The average Bonchev–Trinajstić information content (AvgIpc) is 3.71. The number of hydrogen-bond donors (Lipinski definition) is 6. The molecule has 4 aromatic rings. The molecule has 2 aromatic heterocycles. The molecule has 0 bridgehead atoms. The van der Waals surface area contributed by atoms with Gasteiger partial charge >= 0.3 is 264 Å². The second-order valence-corrected chi connectivity index (χ2v) is 13.8. The van der Waals surface area contributed by atoms with Crippen LogP contribution in [0.25, 0.3) is 22.3 Å². The molecular weight excluding hydrogens is 657 g/mol. The molecule has 6 N–H and O–H groups in total. The number of benzene rings is 2. The van der Waals surface area contributed by atoms with E-state index in [4.69, 9.17) is 9.47 Å². The van der Waals surface area contributed by atoms with Crippen LogP contribution in [0.1, 0.15) is 12.1 Å². The number of halogens is 2. The molecule has 10 atom stereocenters. The van der Waals surface area contributed by atoms with Crippen molar-refractivity contribution in [1.82, 2.24) is 9.13 Å². The van der Waals surface area contributed by atoms with Crippen molar-refractivity contribution in [2.75, 3.05) is 13.2 Å². The van der Waals surface area contributed by atoms with Crippen molar-refractivity contribution in [3.63, 3.8) is 0 Å². The zero-order valence-electron chi connectivity index (χ0n) is 23.8. The molecule has 10 nitrogen and oxygen atoms in total. The van der Waals surface area contributed by atoms with Crippen molar-refractivity contribution in [3.05, 3.63) is 97.1 Å². The van der Waals surface area contributed by atoms with E-state index in [2.05, 4.69) is 0 Å². The van der Waals surface area contributed by atoms with Crippen LogP contribution >= 0.6 is 0 Å². The van der Waals surface area contributed by atoms with Crippen LogP contribution < -0.4 is 0 Å². The van der Waals surface area contributed by atoms with Gasteiger partial charge in [0.15, 0.2) is 0 Å². The van der Waals surface area contributed by atoms with Gasteiger partial charge in [0.05, 0.1) is 0 Å². The molecule has 0 spiro atoms. The van der Waals surface area contributed by atoms with E-state index in [0.29, 0.717) is 22.3 Å². The molecule has 0 radical (unpaired) electrons. The minimum absolute atomic E-state index is 0.407. The number of aliphatic hydroxyl groups excluding tert-OH is 6. The van der Waals surface area contributed by atoms with E-state index >= 15 is 0 Å². The summed E-state index contributed by atoms with van der Waals surface area (Å²) in [5.41, 5.74) is 2.52. The van der Waals surface area contributed by atoms with Gasteiger partial charge in [-0.05, 0) is 0 Å². The van der Waals surface area contributed by atoms with Gasteiger partial charge in [0.25, 0.3) is 0 Å². The second-order valence-electron chi connectivity index (χ2n) is 11.2. The first kappa shape index (κ1) is 32.0. The van der Waals surface area contributed by atoms with E-state index in [9.17, 15) is 39.4 Å². The van der Waals surface area contributed by atoms with Crippen molar-refractivity contribution in [1.29, 1.82) is 0 Å². The Bertz CT molecular complexity index is 1490. The molecule has 240 valence electrons. The topological polar surface area (TPSA) is 150 Å².